The lowest BCUT2D eigenvalue weighted by Crippen LogP contribution is -2.40. The van der Waals surface area contributed by atoms with Gasteiger partial charge < -0.3 is 4.90 Å². The molecule has 1 amide bonds. The molecular formula is C17H23N3OS2. The second-order valence-electron chi connectivity index (χ2n) is 6.48. The molecular weight excluding hydrogens is 326 g/mol. The van der Waals surface area contributed by atoms with E-state index < -0.39 is 0 Å². The van der Waals surface area contributed by atoms with E-state index in [1.54, 1.807) is 22.7 Å². The number of nitrogens with zero attached hydrogens (tertiary/aromatic N) is 3. The summed E-state index contributed by atoms with van der Waals surface area (Å²) < 4.78 is 0. The fourth-order valence-electron chi connectivity index (χ4n) is 2.91. The highest BCUT2D eigenvalue weighted by molar-refractivity contribution is 7.10. The predicted octanol–water partition coefficient (Wildman–Crippen LogP) is 3.98. The molecule has 2 aromatic heterocycles. The summed E-state index contributed by atoms with van der Waals surface area (Å²) in [6, 6.07) is 0. The number of hydrogen-bond donors (Lipinski definition) is 0. The van der Waals surface area contributed by atoms with Gasteiger partial charge in [-0.3, -0.25) is 4.79 Å². The maximum Gasteiger partial charge on any atom is 0.228 e. The molecule has 1 atom stereocenters. The number of carbonyl (C=O) groups excluding carboxylic acids is 1. The summed E-state index contributed by atoms with van der Waals surface area (Å²) >= 11 is 3.35. The van der Waals surface area contributed by atoms with Gasteiger partial charge >= 0.3 is 0 Å². The first-order valence-electron chi connectivity index (χ1n) is 8.17. The lowest BCUT2D eigenvalue weighted by atomic mass is 9.98. The predicted molar refractivity (Wildman–Crippen MR) is 95.3 cm³/mol. The molecule has 0 radical (unpaired) electrons. The van der Waals surface area contributed by atoms with Gasteiger partial charge in [0.1, 0.15) is 0 Å². The minimum absolute atomic E-state index is 0.195. The Morgan fingerprint density at radius 3 is 2.83 bits per heavy atom. The Morgan fingerprint density at radius 1 is 1.35 bits per heavy atom. The number of amides is 1. The summed E-state index contributed by atoms with van der Waals surface area (Å²) in [4.78, 5) is 23.7. The van der Waals surface area contributed by atoms with Gasteiger partial charge in [0.25, 0.3) is 0 Å². The summed E-state index contributed by atoms with van der Waals surface area (Å²) in [5, 5.41) is 6.37. The molecule has 0 aromatic carbocycles. The van der Waals surface area contributed by atoms with Crippen molar-refractivity contribution in [1.29, 1.82) is 0 Å². The molecule has 23 heavy (non-hydrogen) atoms. The van der Waals surface area contributed by atoms with Crippen molar-refractivity contribution in [3.8, 4) is 0 Å². The largest absolute Gasteiger partial charge is 0.342 e. The quantitative estimate of drug-likeness (QED) is 0.839. The highest BCUT2D eigenvalue weighted by atomic mass is 32.1. The molecule has 6 heteroatoms. The van der Waals surface area contributed by atoms with Crippen LogP contribution in [-0.2, 0) is 11.2 Å². The van der Waals surface area contributed by atoms with Crippen molar-refractivity contribution in [1.82, 2.24) is 14.9 Å². The van der Waals surface area contributed by atoms with E-state index in [0.717, 1.165) is 36.6 Å². The second kappa shape index (κ2) is 7.09. The van der Waals surface area contributed by atoms with Crippen molar-refractivity contribution in [3.63, 3.8) is 0 Å². The van der Waals surface area contributed by atoms with Crippen LogP contribution >= 0.6 is 22.7 Å². The van der Waals surface area contributed by atoms with Crippen molar-refractivity contribution in [3.05, 3.63) is 32.2 Å². The van der Waals surface area contributed by atoms with Gasteiger partial charge in [-0.05, 0) is 25.7 Å². The van der Waals surface area contributed by atoms with Crippen LogP contribution in [0.1, 0.15) is 59.9 Å². The topological polar surface area (TPSA) is 46.1 Å². The van der Waals surface area contributed by atoms with E-state index in [4.69, 9.17) is 4.98 Å². The van der Waals surface area contributed by atoms with Gasteiger partial charge in [0.2, 0.25) is 5.91 Å². The number of piperidine rings is 1. The van der Waals surface area contributed by atoms with E-state index in [1.165, 1.54) is 10.7 Å². The van der Waals surface area contributed by atoms with E-state index in [1.807, 2.05) is 17.2 Å². The van der Waals surface area contributed by atoms with Crippen molar-refractivity contribution < 1.29 is 4.79 Å². The van der Waals surface area contributed by atoms with Gasteiger partial charge in [-0.2, -0.15) is 0 Å². The molecule has 0 N–H and O–H groups in total. The van der Waals surface area contributed by atoms with Crippen molar-refractivity contribution in [2.75, 3.05) is 13.1 Å². The molecule has 1 aliphatic heterocycles. The lowest BCUT2D eigenvalue weighted by Gasteiger charge is -2.31. The number of hydrogen-bond acceptors (Lipinski definition) is 5. The fraction of sp³-hybridized carbons (Fsp3) is 0.588. The first-order valence-corrected chi connectivity index (χ1v) is 9.93. The average molecular weight is 350 g/mol. The third-order valence-corrected chi connectivity index (χ3v) is 6.10. The van der Waals surface area contributed by atoms with Crippen LogP contribution in [0.15, 0.2) is 10.8 Å². The third-order valence-electron chi connectivity index (χ3n) is 4.25. The Labute approximate surface area is 145 Å². The van der Waals surface area contributed by atoms with E-state index >= 15 is 0 Å². The Morgan fingerprint density at radius 2 is 2.17 bits per heavy atom. The van der Waals surface area contributed by atoms with Crippen LogP contribution in [0, 0.1) is 6.92 Å². The first-order chi connectivity index (χ1) is 11.0. The van der Waals surface area contributed by atoms with E-state index in [2.05, 4.69) is 24.2 Å². The standard InChI is InChI=1S/C17H23N3OS2/c1-11(2)15-10-23-17(19-15)13-5-4-6-20(8-13)16(21)7-14-9-22-12(3)18-14/h9-11,13H,4-8H2,1-3H3/t13-/m0/s1. The summed E-state index contributed by atoms with van der Waals surface area (Å²) in [6.45, 7) is 7.98. The second-order valence-corrected chi connectivity index (χ2v) is 8.43. The lowest BCUT2D eigenvalue weighted by molar-refractivity contribution is -0.131. The fourth-order valence-corrected chi connectivity index (χ4v) is 4.64. The van der Waals surface area contributed by atoms with E-state index in [-0.39, 0.29) is 5.91 Å². The molecule has 0 saturated carbocycles. The van der Waals surface area contributed by atoms with Crippen molar-refractivity contribution in [2.24, 2.45) is 0 Å². The van der Waals surface area contributed by atoms with E-state index in [0.29, 0.717) is 18.3 Å². The van der Waals surface area contributed by atoms with Gasteiger partial charge in [-0.15, -0.1) is 22.7 Å². The normalized spacial score (nSPS) is 18.6. The summed E-state index contributed by atoms with van der Waals surface area (Å²) in [6.07, 6.45) is 2.61. The smallest absolute Gasteiger partial charge is 0.228 e. The average Bonchev–Trinajstić information content (AvgIpc) is 3.17. The molecule has 1 aliphatic rings. The zero-order valence-electron chi connectivity index (χ0n) is 13.9. The summed E-state index contributed by atoms with van der Waals surface area (Å²) in [5.41, 5.74) is 2.07. The maximum atomic E-state index is 12.5. The number of thiazole rings is 2. The van der Waals surface area contributed by atoms with Gasteiger partial charge in [0.15, 0.2) is 0 Å². The number of aryl methyl sites for hydroxylation is 1. The number of rotatable bonds is 4. The maximum absolute atomic E-state index is 12.5. The summed E-state index contributed by atoms with van der Waals surface area (Å²) in [7, 11) is 0. The Hall–Kier alpha value is -1.27. The molecule has 0 unspecified atom stereocenters. The molecule has 0 aliphatic carbocycles. The Bertz CT molecular complexity index is 677. The van der Waals surface area contributed by atoms with Crippen LogP contribution in [0.4, 0.5) is 0 Å². The third kappa shape index (κ3) is 3.98. The van der Waals surface area contributed by atoms with Crippen LogP contribution in [0.2, 0.25) is 0 Å². The highest BCUT2D eigenvalue weighted by Crippen LogP contribution is 2.31. The molecule has 124 valence electrons. The van der Waals surface area contributed by atoms with Crippen LogP contribution in [0.3, 0.4) is 0 Å². The molecule has 3 heterocycles. The molecule has 4 nitrogen and oxygen atoms in total. The molecule has 2 aromatic rings. The minimum Gasteiger partial charge on any atom is -0.342 e. The number of likely N-dealkylation sites (tertiary alicyclic amines) is 1. The van der Waals surface area contributed by atoms with Gasteiger partial charge in [-0.25, -0.2) is 9.97 Å². The van der Waals surface area contributed by atoms with E-state index in [9.17, 15) is 4.79 Å². The summed E-state index contributed by atoms with van der Waals surface area (Å²) in [5.74, 6) is 1.05. The van der Waals surface area contributed by atoms with Gasteiger partial charge in [0.05, 0.1) is 27.8 Å². The van der Waals surface area contributed by atoms with Crippen LogP contribution in [0.5, 0.6) is 0 Å². The van der Waals surface area contributed by atoms with Crippen LogP contribution in [0.25, 0.3) is 0 Å². The zero-order valence-corrected chi connectivity index (χ0v) is 15.5. The Kier molecular flexibility index (Phi) is 5.11. The van der Waals surface area contributed by atoms with Gasteiger partial charge in [-0.1, -0.05) is 13.8 Å². The molecule has 1 saturated heterocycles. The number of carbonyl (C=O) groups is 1. The monoisotopic (exact) mass is 349 g/mol. The minimum atomic E-state index is 0.195. The molecule has 0 bridgehead atoms. The molecule has 1 fully saturated rings. The highest BCUT2D eigenvalue weighted by Gasteiger charge is 2.27. The first kappa shape index (κ1) is 16.6. The number of aromatic nitrogens is 2. The van der Waals surface area contributed by atoms with Crippen molar-refractivity contribution in [2.45, 2.75) is 51.9 Å². The zero-order chi connectivity index (χ0) is 16.4. The Balaban J connectivity index is 1.64. The van der Waals surface area contributed by atoms with Crippen LogP contribution in [-0.4, -0.2) is 33.9 Å². The van der Waals surface area contributed by atoms with Crippen LogP contribution < -0.4 is 0 Å². The molecule has 3 rings (SSSR count). The SMILES string of the molecule is Cc1nc(CC(=O)N2CCC[C@H](c3nc(C(C)C)cs3)C2)cs1. The van der Waals surface area contributed by atoms with Crippen molar-refractivity contribution >= 4 is 28.6 Å². The molecule has 0 spiro atoms. The van der Waals surface area contributed by atoms with Gasteiger partial charge in [0, 0.05) is 29.8 Å².